The Morgan fingerprint density at radius 3 is 2.50 bits per heavy atom. The van der Waals surface area contributed by atoms with E-state index in [9.17, 15) is 0 Å². The van der Waals surface area contributed by atoms with Crippen LogP contribution in [-0.2, 0) is 9.47 Å². The molecule has 1 atom stereocenters. The monoisotopic (exact) mass is 114 g/mol. The summed E-state index contributed by atoms with van der Waals surface area (Å²) in [5, 5.41) is 0. The maximum absolute atomic E-state index is 5.22. The van der Waals surface area contributed by atoms with Gasteiger partial charge in [-0.3, -0.25) is 0 Å². The molecule has 2 fully saturated rings. The van der Waals surface area contributed by atoms with Crippen molar-refractivity contribution in [2.75, 3.05) is 19.8 Å². The molecule has 0 N–H and O–H groups in total. The van der Waals surface area contributed by atoms with E-state index in [1.807, 2.05) is 0 Å². The molecule has 0 bridgehead atoms. The summed E-state index contributed by atoms with van der Waals surface area (Å²) >= 11 is 0. The quantitative estimate of drug-likeness (QED) is 0.429. The summed E-state index contributed by atoms with van der Waals surface area (Å²) in [4.78, 5) is 0. The molecule has 2 heterocycles. The summed E-state index contributed by atoms with van der Waals surface area (Å²) in [7, 11) is 0. The van der Waals surface area contributed by atoms with Crippen LogP contribution in [0.15, 0.2) is 0 Å². The van der Waals surface area contributed by atoms with Crippen molar-refractivity contribution in [2.45, 2.75) is 18.4 Å². The van der Waals surface area contributed by atoms with Crippen LogP contribution >= 0.6 is 0 Å². The fourth-order valence-electron chi connectivity index (χ4n) is 1.16. The largest absolute Gasteiger partial charge is 0.378 e. The maximum Gasteiger partial charge on any atom is 0.115 e. The van der Waals surface area contributed by atoms with Gasteiger partial charge >= 0.3 is 0 Å². The van der Waals surface area contributed by atoms with Crippen LogP contribution in [0.5, 0.6) is 0 Å². The lowest BCUT2D eigenvalue weighted by Gasteiger charge is -2.17. The first kappa shape index (κ1) is 4.77. The Morgan fingerprint density at radius 1 is 1.25 bits per heavy atom. The molecule has 2 rings (SSSR count). The summed E-state index contributed by atoms with van der Waals surface area (Å²) in [5.41, 5.74) is 0.207. The normalized spacial score (nSPS) is 45.0. The fourth-order valence-corrected chi connectivity index (χ4v) is 1.16. The van der Waals surface area contributed by atoms with E-state index in [1.165, 1.54) is 12.8 Å². The zero-order valence-corrected chi connectivity index (χ0v) is 4.85. The Bertz CT molecular complexity index is 88.7. The number of hydrogen-bond acceptors (Lipinski definition) is 2. The Hall–Kier alpha value is -0.0800. The van der Waals surface area contributed by atoms with Crippen molar-refractivity contribution < 1.29 is 9.47 Å². The van der Waals surface area contributed by atoms with E-state index in [4.69, 9.17) is 9.47 Å². The van der Waals surface area contributed by atoms with Crippen LogP contribution in [0.4, 0.5) is 0 Å². The van der Waals surface area contributed by atoms with E-state index in [0.717, 1.165) is 19.8 Å². The molecule has 2 saturated heterocycles. The van der Waals surface area contributed by atoms with Crippen molar-refractivity contribution in [3.8, 4) is 0 Å². The zero-order valence-electron chi connectivity index (χ0n) is 4.85. The minimum atomic E-state index is 0.207. The van der Waals surface area contributed by atoms with E-state index in [1.54, 1.807) is 0 Å². The number of rotatable bonds is 0. The van der Waals surface area contributed by atoms with Gasteiger partial charge in [0, 0.05) is 6.61 Å². The maximum atomic E-state index is 5.22. The van der Waals surface area contributed by atoms with E-state index >= 15 is 0 Å². The standard InChI is InChI=1S/C6H10O2/c1-2-6(5-8-6)4-7-3-1/h1-5H2/t6-/m0/s1. The molecule has 46 valence electrons. The molecule has 1 spiro atoms. The molecule has 0 radical (unpaired) electrons. The van der Waals surface area contributed by atoms with Gasteiger partial charge in [-0.15, -0.1) is 0 Å². The van der Waals surface area contributed by atoms with E-state index in [2.05, 4.69) is 0 Å². The predicted molar refractivity (Wildman–Crippen MR) is 28.7 cm³/mol. The molecule has 0 aromatic carbocycles. The minimum Gasteiger partial charge on any atom is -0.378 e. The van der Waals surface area contributed by atoms with Crippen molar-refractivity contribution in [2.24, 2.45) is 0 Å². The Kier molecular flexibility index (Phi) is 0.866. The van der Waals surface area contributed by atoms with Crippen molar-refractivity contribution in [1.29, 1.82) is 0 Å². The summed E-state index contributed by atoms with van der Waals surface area (Å²) in [6.07, 6.45) is 2.40. The van der Waals surface area contributed by atoms with Crippen molar-refractivity contribution >= 4 is 0 Å². The van der Waals surface area contributed by atoms with Crippen molar-refractivity contribution in [1.82, 2.24) is 0 Å². The van der Waals surface area contributed by atoms with Gasteiger partial charge < -0.3 is 9.47 Å². The molecular formula is C6H10O2. The zero-order chi connectivity index (χ0) is 5.45. The lowest BCUT2D eigenvalue weighted by molar-refractivity contribution is 0.0341. The van der Waals surface area contributed by atoms with Gasteiger partial charge in [-0.1, -0.05) is 0 Å². The van der Waals surface area contributed by atoms with Crippen molar-refractivity contribution in [3.05, 3.63) is 0 Å². The van der Waals surface area contributed by atoms with Gasteiger partial charge in [-0.05, 0) is 12.8 Å². The molecule has 0 unspecified atom stereocenters. The topological polar surface area (TPSA) is 21.8 Å². The highest BCUT2D eigenvalue weighted by Gasteiger charge is 2.45. The second-order valence-corrected chi connectivity index (χ2v) is 2.63. The van der Waals surface area contributed by atoms with Crippen LogP contribution < -0.4 is 0 Å². The van der Waals surface area contributed by atoms with Gasteiger partial charge in [0.1, 0.15) is 5.60 Å². The highest BCUT2D eigenvalue weighted by atomic mass is 16.6. The third-order valence-electron chi connectivity index (χ3n) is 1.84. The number of epoxide rings is 1. The smallest absolute Gasteiger partial charge is 0.115 e. The minimum absolute atomic E-state index is 0.207. The second-order valence-electron chi connectivity index (χ2n) is 2.63. The summed E-state index contributed by atoms with van der Waals surface area (Å²) in [5.74, 6) is 0. The average Bonchev–Trinajstić information content (AvgIpc) is 2.52. The van der Waals surface area contributed by atoms with E-state index < -0.39 is 0 Å². The predicted octanol–water partition coefficient (Wildman–Crippen LogP) is 0.566. The van der Waals surface area contributed by atoms with Gasteiger partial charge in [0.05, 0.1) is 13.2 Å². The first-order valence-electron chi connectivity index (χ1n) is 3.13. The molecular weight excluding hydrogens is 104 g/mol. The number of ether oxygens (including phenoxy) is 2. The van der Waals surface area contributed by atoms with Gasteiger partial charge in [0.2, 0.25) is 0 Å². The molecule has 0 aromatic rings. The van der Waals surface area contributed by atoms with Gasteiger partial charge in [0.15, 0.2) is 0 Å². The number of hydrogen-bond donors (Lipinski definition) is 0. The molecule has 8 heavy (non-hydrogen) atoms. The van der Waals surface area contributed by atoms with Gasteiger partial charge in [-0.25, -0.2) is 0 Å². The van der Waals surface area contributed by atoms with E-state index in [0.29, 0.717) is 0 Å². The molecule has 0 saturated carbocycles. The lowest BCUT2D eigenvalue weighted by atomic mass is 10.0. The van der Waals surface area contributed by atoms with Gasteiger partial charge in [0.25, 0.3) is 0 Å². The third-order valence-corrected chi connectivity index (χ3v) is 1.84. The molecule has 2 heteroatoms. The lowest BCUT2D eigenvalue weighted by Crippen LogP contribution is -2.25. The van der Waals surface area contributed by atoms with Crippen LogP contribution in [0.25, 0.3) is 0 Å². The van der Waals surface area contributed by atoms with Crippen LogP contribution in [0, 0.1) is 0 Å². The van der Waals surface area contributed by atoms with Gasteiger partial charge in [-0.2, -0.15) is 0 Å². The molecule has 2 aliphatic rings. The molecule has 2 nitrogen and oxygen atoms in total. The third kappa shape index (κ3) is 0.644. The first-order chi connectivity index (χ1) is 3.91. The summed E-state index contributed by atoms with van der Waals surface area (Å²) < 4.78 is 10.4. The molecule has 0 aliphatic carbocycles. The molecule has 0 amide bonds. The summed E-state index contributed by atoms with van der Waals surface area (Å²) in [6.45, 7) is 2.71. The second kappa shape index (κ2) is 1.45. The van der Waals surface area contributed by atoms with Crippen LogP contribution in [0.3, 0.4) is 0 Å². The SMILES string of the molecule is C1COC[C@@]2(C1)CO2. The van der Waals surface area contributed by atoms with Crippen LogP contribution in [0.1, 0.15) is 12.8 Å². The fraction of sp³-hybridized carbons (Fsp3) is 1.00. The Balaban J connectivity index is 1.95. The highest BCUT2D eigenvalue weighted by molar-refractivity contribution is 4.93. The van der Waals surface area contributed by atoms with Crippen LogP contribution in [-0.4, -0.2) is 25.4 Å². The molecule has 0 aromatic heterocycles. The average molecular weight is 114 g/mol. The summed E-state index contributed by atoms with van der Waals surface area (Å²) in [6, 6.07) is 0. The Morgan fingerprint density at radius 2 is 2.12 bits per heavy atom. The highest BCUT2D eigenvalue weighted by Crippen LogP contribution is 2.34. The Labute approximate surface area is 48.8 Å². The van der Waals surface area contributed by atoms with Crippen molar-refractivity contribution in [3.63, 3.8) is 0 Å². The molecule has 2 aliphatic heterocycles. The first-order valence-corrected chi connectivity index (χ1v) is 3.13. The van der Waals surface area contributed by atoms with Crippen LogP contribution in [0.2, 0.25) is 0 Å². The van der Waals surface area contributed by atoms with E-state index in [-0.39, 0.29) is 5.60 Å².